The van der Waals surface area contributed by atoms with Crippen LogP contribution >= 0.6 is 0 Å². The van der Waals surface area contributed by atoms with Gasteiger partial charge in [-0.2, -0.15) is 4.31 Å². The van der Waals surface area contributed by atoms with Crippen molar-refractivity contribution < 1.29 is 41.8 Å². The molecule has 0 saturated carbocycles. The molecule has 2 aliphatic heterocycles. The molecule has 13 heteroatoms. The van der Waals surface area contributed by atoms with Gasteiger partial charge in [0.05, 0.1) is 11.0 Å². The van der Waals surface area contributed by atoms with E-state index < -0.39 is 40.7 Å². The number of amides is 1. The lowest BCUT2D eigenvalue weighted by Crippen LogP contribution is -2.42. The first-order valence-electron chi connectivity index (χ1n) is 9.73. The van der Waals surface area contributed by atoms with Crippen LogP contribution in [0.3, 0.4) is 0 Å². The third kappa shape index (κ3) is 4.54. The van der Waals surface area contributed by atoms with Crippen LogP contribution in [0.4, 0.5) is 5.82 Å². The third-order valence-electron chi connectivity index (χ3n) is 4.87. The monoisotopic (exact) mass is 467 g/mol. The summed E-state index contributed by atoms with van der Waals surface area (Å²) in [4.78, 5) is 24.4. The number of nitrogens with zero attached hydrogens (tertiary/aromatic N) is 2. The van der Waals surface area contributed by atoms with Gasteiger partial charge in [-0.3, -0.25) is 9.59 Å². The van der Waals surface area contributed by atoms with Gasteiger partial charge in [0.1, 0.15) is 25.0 Å². The van der Waals surface area contributed by atoms with Crippen molar-refractivity contribution in [2.45, 2.75) is 30.4 Å². The highest BCUT2D eigenvalue weighted by Gasteiger charge is 2.44. The first kappa shape index (κ1) is 22.0. The lowest BCUT2D eigenvalue weighted by atomic mass is 10.2. The molecule has 12 nitrogen and oxygen atoms in total. The number of β-amino-alcohol motifs (C(OH)–C–C–N with tert-alkyl or cyclic N) is 1. The number of aromatic nitrogens is 1. The summed E-state index contributed by atoms with van der Waals surface area (Å²) in [6, 6.07) is 4.31. The van der Waals surface area contributed by atoms with Crippen LogP contribution in [-0.4, -0.2) is 73.4 Å². The zero-order valence-electron chi connectivity index (χ0n) is 17.0. The fraction of sp³-hybridized carbons (Fsp3) is 0.421. The number of hydrogen-bond donors (Lipinski definition) is 2. The molecule has 1 unspecified atom stereocenters. The molecule has 0 radical (unpaired) electrons. The standard InChI is InChI=1S/C19H21N3O9S/c1-11-6-17(21-31-11)20-18(24)10-30-19(25)14-7-12(23)9-22(14)32(26,27)13-2-3-15-16(8-13)29-5-4-28-15/h2-3,6,8,12,14,23H,4-5,7,9-10H2,1H3,(H,20,21,24)/t12?,14-/m0/s1. The molecule has 4 rings (SSSR count). The van der Waals surface area contributed by atoms with Crippen LogP contribution in [-0.2, 0) is 24.3 Å². The van der Waals surface area contributed by atoms with Gasteiger partial charge in [0, 0.05) is 25.1 Å². The van der Waals surface area contributed by atoms with E-state index in [1.165, 1.54) is 24.3 Å². The van der Waals surface area contributed by atoms with Gasteiger partial charge in [-0.15, -0.1) is 0 Å². The largest absolute Gasteiger partial charge is 0.486 e. The number of rotatable bonds is 6. The predicted molar refractivity (Wildman–Crippen MR) is 107 cm³/mol. The van der Waals surface area contributed by atoms with E-state index in [9.17, 15) is 23.1 Å². The number of esters is 1. The Morgan fingerprint density at radius 2 is 2.00 bits per heavy atom. The molecule has 172 valence electrons. The SMILES string of the molecule is Cc1cc(NC(=O)COC(=O)[C@@H]2CC(O)CN2S(=O)(=O)c2ccc3c(c2)OCCO3)no1. The summed E-state index contributed by atoms with van der Waals surface area (Å²) in [7, 11) is -4.17. The van der Waals surface area contributed by atoms with Crippen molar-refractivity contribution in [2.75, 3.05) is 31.7 Å². The number of aliphatic hydroxyl groups is 1. The average Bonchev–Trinajstić information content (AvgIpc) is 3.37. The van der Waals surface area contributed by atoms with Crippen molar-refractivity contribution in [2.24, 2.45) is 0 Å². The molecule has 2 atom stereocenters. The highest BCUT2D eigenvalue weighted by molar-refractivity contribution is 7.89. The molecule has 2 aromatic rings. The Bertz CT molecular complexity index is 1130. The predicted octanol–water partition coefficient (Wildman–Crippen LogP) is 0.0600. The van der Waals surface area contributed by atoms with Gasteiger partial charge < -0.3 is 29.2 Å². The lowest BCUT2D eigenvalue weighted by molar-refractivity contribution is -0.150. The highest BCUT2D eigenvalue weighted by Crippen LogP contribution is 2.35. The summed E-state index contributed by atoms with van der Waals surface area (Å²) in [6.07, 6.45) is -1.22. The Morgan fingerprint density at radius 3 is 2.72 bits per heavy atom. The maximum atomic E-state index is 13.2. The molecule has 1 amide bonds. The van der Waals surface area contributed by atoms with Crippen LogP contribution in [0.2, 0.25) is 0 Å². The van der Waals surface area contributed by atoms with Crippen molar-refractivity contribution in [1.29, 1.82) is 0 Å². The number of carbonyl (C=O) groups is 2. The third-order valence-corrected chi connectivity index (χ3v) is 6.74. The second kappa shape index (κ2) is 8.76. The molecular formula is C19H21N3O9S. The molecule has 0 aliphatic carbocycles. The van der Waals surface area contributed by atoms with Crippen molar-refractivity contribution in [1.82, 2.24) is 9.46 Å². The van der Waals surface area contributed by atoms with Gasteiger partial charge in [-0.1, -0.05) is 5.16 Å². The number of anilines is 1. The van der Waals surface area contributed by atoms with Crippen molar-refractivity contribution in [3.05, 3.63) is 30.0 Å². The molecule has 32 heavy (non-hydrogen) atoms. The summed E-state index contributed by atoms with van der Waals surface area (Å²) >= 11 is 0. The fourth-order valence-electron chi connectivity index (χ4n) is 3.42. The summed E-state index contributed by atoms with van der Waals surface area (Å²) in [6.45, 7) is 1.33. The second-order valence-corrected chi connectivity index (χ2v) is 9.15. The smallest absolute Gasteiger partial charge is 0.325 e. The molecule has 2 N–H and O–H groups in total. The number of carbonyl (C=O) groups excluding carboxylic acids is 2. The zero-order valence-corrected chi connectivity index (χ0v) is 17.8. The van der Waals surface area contributed by atoms with Gasteiger partial charge in [0.25, 0.3) is 5.91 Å². The number of nitrogens with one attached hydrogen (secondary N) is 1. The average molecular weight is 467 g/mol. The van der Waals surface area contributed by atoms with Crippen LogP contribution in [0.15, 0.2) is 33.7 Å². The molecule has 1 saturated heterocycles. The van der Waals surface area contributed by atoms with Crippen molar-refractivity contribution in [3.63, 3.8) is 0 Å². The number of aryl methyl sites for hydroxylation is 1. The van der Waals surface area contributed by atoms with Gasteiger partial charge in [-0.05, 0) is 19.1 Å². The Balaban J connectivity index is 1.45. The van der Waals surface area contributed by atoms with E-state index in [2.05, 4.69) is 10.5 Å². The Kier molecular flexibility index (Phi) is 6.04. The summed E-state index contributed by atoms with van der Waals surface area (Å²) in [5.74, 6) is -0.294. The Labute approximate surface area is 183 Å². The van der Waals surface area contributed by atoms with E-state index in [1.54, 1.807) is 6.92 Å². The van der Waals surface area contributed by atoms with E-state index >= 15 is 0 Å². The number of sulfonamides is 1. The topological polar surface area (TPSA) is 158 Å². The van der Waals surface area contributed by atoms with E-state index in [0.29, 0.717) is 18.1 Å². The van der Waals surface area contributed by atoms with Crippen LogP contribution in [0, 0.1) is 6.92 Å². The van der Waals surface area contributed by atoms with Crippen molar-refractivity contribution >= 4 is 27.7 Å². The Hall–Kier alpha value is -3.16. The maximum absolute atomic E-state index is 13.2. The molecule has 1 fully saturated rings. The lowest BCUT2D eigenvalue weighted by Gasteiger charge is -2.24. The molecule has 0 bridgehead atoms. The first-order valence-corrected chi connectivity index (χ1v) is 11.2. The number of aliphatic hydroxyl groups excluding tert-OH is 1. The van der Waals surface area contributed by atoms with E-state index in [-0.39, 0.29) is 36.0 Å². The molecule has 1 aromatic heterocycles. The van der Waals surface area contributed by atoms with Crippen LogP contribution in [0.5, 0.6) is 11.5 Å². The first-order chi connectivity index (χ1) is 15.2. The Morgan fingerprint density at radius 1 is 1.25 bits per heavy atom. The normalized spacial score (nSPS) is 20.7. The number of hydrogen-bond acceptors (Lipinski definition) is 10. The van der Waals surface area contributed by atoms with Gasteiger partial charge in [-0.25, -0.2) is 8.42 Å². The summed E-state index contributed by atoms with van der Waals surface area (Å²) in [5.41, 5.74) is 0. The number of fused-ring (bicyclic) bond motifs is 1. The number of ether oxygens (including phenoxy) is 3. The quantitative estimate of drug-likeness (QED) is 0.557. The molecule has 2 aliphatic rings. The van der Waals surface area contributed by atoms with Crippen LogP contribution < -0.4 is 14.8 Å². The fourth-order valence-corrected chi connectivity index (χ4v) is 5.06. The molecule has 1 aromatic carbocycles. The molecule has 0 spiro atoms. The molecule has 3 heterocycles. The second-order valence-electron chi connectivity index (χ2n) is 7.26. The van der Waals surface area contributed by atoms with Gasteiger partial charge >= 0.3 is 5.97 Å². The minimum atomic E-state index is -4.17. The minimum absolute atomic E-state index is 0.118. The van der Waals surface area contributed by atoms with Gasteiger partial charge in [0.15, 0.2) is 23.9 Å². The van der Waals surface area contributed by atoms with E-state index in [4.69, 9.17) is 18.7 Å². The van der Waals surface area contributed by atoms with Crippen LogP contribution in [0.1, 0.15) is 12.2 Å². The maximum Gasteiger partial charge on any atom is 0.325 e. The van der Waals surface area contributed by atoms with Gasteiger partial charge in [0.2, 0.25) is 10.0 Å². The van der Waals surface area contributed by atoms with E-state index in [1.807, 2.05) is 0 Å². The van der Waals surface area contributed by atoms with Crippen molar-refractivity contribution in [3.8, 4) is 11.5 Å². The number of benzene rings is 1. The molecular weight excluding hydrogens is 446 g/mol. The zero-order chi connectivity index (χ0) is 22.9. The summed E-state index contributed by atoms with van der Waals surface area (Å²) < 4.78 is 47.9. The summed E-state index contributed by atoms with van der Waals surface area (Å²) in [5, 5.41) is 16.0. The van der Waals surface area contributed by atoms with Crippen LogP contribution in [0.25, 0.3) is 0 Å². The highest BCUT2D eigenvalue weighted by atomic mass is 32.2. The minimum Gasteiger partial charge on any atom is -0.486 e. The van der Waals surface area contributed by atoms with E-state index in [0.717, 1.165) is 4.31 Å².